The lowest BCUT2D eigenvalue weighted by Crippen LogP contribution is -2.42. The number of piperidine rings is 1. The topological polar surface area (TPSA) is 118 Å². The van der Waals surface area contributed by atoms with Gasteiger partial charge in [-0.3, -0.25) is 9.79 Å². The first kappa shape index (κ1) is 22.6. The predicted molar refractivity (Wildman–Crippen MR) is 120 cm³/mol. The highest BCUT2D eigenvalue weighted by Crippen LogP contribution is 2.24. The number of anilines is 1. The van der Waals surface area contributed by atoms with Crippen molar-refractivity contribution in [1.82, 2.24) is 15.6 Å². The molecular weight excluding hydrogens is 396 g/mol. The number of aromatic nitrogens is 1. The van der Waals surface area contributed by atoms with Gasteiger partial charge in [-0.05, 0) is 37.5 Å². The van der Waals surface area contributed by atoms with Gasteiger partial charge in [0.2, 0.25) is 5.91 Å². The molecule has 2 aromatic rings. The maximum absolute atomic E-state index is 11.6. The Kier molecular flexibility index (Phi) is 8.71. The van der Waals surface area contributed by atoms with Crippen molar-refractivity contribution >= 4 is 17.7 Å². The van der Waals surface area contributed by atoms with Gasteiger partial charge in [0.1, 0.15) is 18.2 Å². The van der Waals surface area contributed by atoms with Gasteiger partial charge in [-0.15, -0.1) is 0 Å². The number of carbonyl (C=O) groups excluding carboxylic acids is 1. The maximum Gasteiger partial charge on any atom is 0.222 e. The average Bonchev–Trinajstić information content (AvgIpc) is 3.32. The number of hydrogen-bond donors (Lipinski definition) is 3. The summed E-state index contributed by atoms with van der Waals surface area (Å²) in [6, 6.07) is 7.71. The molecule has 1 amide bonds. The first-order valence-electron chi connectivity index (χ1n) is 10.7. The molecular formula is C22H32N6O3. The standard InChI is InChI=1S/C22H32N6O3/c1-24-22(26-10-5-12-30-16-19-8-4-13-31-19)27-14-17-6-2-9-25-21(17)28-11-3-7-18(15-28)20(23)29/h2,4,6,8-9,13,18H,3,5,7,10-12,14-16H2,1H3,(H2,23,29)(H2,24,26,27). The van der Waals surface area contributed by atoms with Crippen molar-refractivity contribution in [1.29, 1.82) is 0 Å². The van der Waals surface area contributed by atoms with E-state index in [1.165, 1.54) is 0 Å². The third kappa shape index (κ3) is 6.99. The van der Waals surface area contributed by atoms with E-state index in [1.54, 1.807) is 19.5 Å². The number of furan rings is 1. The molecule has 31 heavy (non-hydrogen) atoms. The second-order valence-corrected chi connectivity index (χ2v) is 7.51. The normalized spacial score (nSPS) is 16.9. The lowest BCUT2D eigenvalue weighted by atomic mass is 9.97. The van der Waals surface area contributed by atoms with Gasteiger partial charge in [-0.1, -0.05) is 6.07 Å². The Morgan fingerprint density at radius 3 is 3.06 bits per heavy atom. The molecule has 3 heterocycles. The molecule has 0 bridgehead atoms. The molecule has 0 aliphatic carbocycles. The van der Waals surface area contributed by atoms with E-state index in [1.807, 2.05) is 24.3 Å². The summed E-state index contributed by atoms with van der Waals surface area (Å²) >= 11 is 0. The van der Waals surface area contributed by atoms with Gasteiger partial charge in [-0.2, -0.15) is 0 Å². The molecule has 2 aromatic heterocycles. The second-order valence-electron chi connectivity index (χ2n) is 7.51. The number of pyridine rings is 1. The van der Waals surface area contributed by atoms with Gasteiger partial charge in [0.15, 0.2) is 5.96 Å². The highest BCUT2D eigenvalue weighted by Gasteiger charge is 2.25. The number of nitrogens with zero attached hydrogens (tertiary/aromatic N) is 3. The van der Waals surface area contributed by atoms with E-state index in [0.717, 1.165) is 55.5 Å². The van der Waals surface area contributed by atoms with Gasteiger partial charge in [0.25, 0.3) is 0 Å². The van der Waals surface area contributed by atoms with Crippen molar-refractivity contribution < 1.29 is 13.9 Å². The number of aliphatic imine (C=N–C) groups is 1. The molecule has 1 atom stereocenters. The summed E-state index contributed by atoms with van der Waals surface area (Å²) in [5, 5.41) is 6.63. The summed E-state index contributed by atoms with van der Waals surface area (Å²) < 4.78 is 10.8. The maximum atomic E-state index is 11.6. The molecule has 168 valence electrons. The summed E-state index contributed by atoms with van der Waals surface area (Å²) in [6.45, 7) is 3.92. The van der Waals surface area contributed by atoms with Crippen LogP contribution in [0.15, 0.2) is 46.1 Å². The Morgan fingerprint density at radius 2 is 2.29 bits per heavy atom. The van der Waals surface area contributed by atoms with Crippen LogP contribution in [-0.2, 0) is 22.7 Å². The number of hydrogen-bond acceptors (Lipinski definition) is 6. The van der Waals surface area contributed by atoms with E-state index in [-0.39, 0.29) is 11.8 Å². The van der Waals surface area contributed by atoms with Crippen LogP contribution in [-0.4, -0.2) is 50.1 Å². The molecule has 0 radical (unpaired) electrons. The number of carbonyl (C=O) groups is 1. The molecule has 1 saturated heterocycles. The average molecular weight is 429 g/mol. The zero-order valence-electron chi connectivity index (χ0n) is 18.0. The van der Waals surface area contributed by atoms with Crippen molar-refractivity contribution in [3.8, 4) is 0 Å². The summed E-state index contributed by atoms with van der Waals surface area (Å²) in [7, 11) is 1.75. The Balaban J connectivity index is 1.43. The van der Waals surface area contributed by atoms with Crippen molar-refractivity contribution in [2.45, 2.75) is 32.4 Å². The number of ether oxygens (including phenoxy) is 1. The largest absolute Gasteiger partial charge is 0.467 e. The number of nitrogens with one attached hydrogen (secondary N) is 2. The van der Waals surface area contributed by atoms with Gasteiger partial charge >= 0.3 is 0 Å². The minimum Gasteiger partial charge on any atom is -0.467 e. The summed E-state index contributed by atoms with van der Waals surface area (Å²) in [5.41, 5.74) is 6.58. The SMILES string of the molecule is CN=C(NCCCOCc1ccco1)NCc1cccnc1N1CCCC(C(N)=O)C1. The first-order chi connectivity index (χ1) is 15.2. The number of nitrogens with two attached hydrogens (primary N) is 1. The molecule has 9 heteroatoms. The van der Waals surface area contributed by atoms with Crippen molar-refractivity contribution in [2.75, 3.05) is 38.2 Å². The minimum atomic E-state index is -0.238. The molecule has 1 aliphatic heterocycles. The fourth-order valence-corrected chi connectivity index (χ4v) is 3.60. The van der Waals surface area contributed by atoms with Crippen LogP contribution >= 0.6 is 0 Å². The van der Waals surface area contributed by atoms with Gasteiger partial charge in [-0.25, -0.2) is 4.98 Å². The zero-order chi connectivity index (χ0) is 21.9. The fourth-order valence-electron chi connectivity index (χ4n) is 3.60. The van der Waals surface area contributed by atoms with E-state index in [2.05, 4.69) is 25.5 Å². The summed E-state index contributed by atoms with van der Waals surface area (Å²) in [6.07, 6.45) is 6.05. The molecule has 3 rings (SSSR count). The Hall–Kier alpha value is -3.07. The van der Waals surface area contributed by atoms with Crippen molar-refractivity contribution in [3.63, 3.8) is 0 Å². The molecule has 1 fully saturated rings. The van der Waals surface area contributed by atoms with Crippen LogP contribution in [0.25, 0.3) is 0 Å². The van der Waals surface area contributed by atoms with E-state index < -0.39 is 0 Å². The highest BCUT2D eigenvalue weighted by atomic mass is 16.5. The molecule has 1 unspecified atom stereocenters. The summed E-state index contributed by atoms with van der Waals surface area (Å²) in [5.74, 6) is 2.07. The zero-order valence-corrected chi connectivity index (χ0v) is 18.0. The lowest BCUT2D eigenvalue weighted by Gasteiger charge is -2.33. The lowest BCUT2D eigenvalue weighted by molar-refractivity contribution is -0.122. The van der Waals surface area contributed by atoms with Crippen LogP contribution in [0.2, 0.25) is 0 Å². The van der Waals surface area contributed by atoms with E-state index in [0.29, 0.717) is 26.3 Å². The highest BCUT2D eigenvalue weighted by molar-refractivity contribution is 5.80. The van der Waals surface area contributed by atoms with Gasteiger partial charge < -0.3 is 30.4 Å². The van der Waals surface area contributed by atoms with E-state index >= 15 is 0 Å². The smallest absolute Gasteiger partial charge is 0.222 e. The van der Waals surface area contributed by atoms with E-state index in [4.69, 9.17) is 14.9 Å². The minimum absolute atomic E-state index is 0.124. The Morgan fingerprint density at radius 1 is 1.39 bits per heavy atom. The van der Waals surface area contributed by atoms with Crippen molar-refractivity contribution in [3.05, 3.63) is 48.0 Å². The van der Waals surface area contributed by atoms with Crippen LogP contribution in [0.4, 0.5) is 5.82 Å². The number of amides is 1. The first-order valence-corrected chi connectivity index (χ1v) is 10.7. The summed E-state index contributed by atoms with van der Waals surface area (Å²) in [4.78, 5) is 22.6. The van der Waals surface area contributed by atoms with Crippen LogP contribution in [0.3, 0.4) is 0 Å². The molecule has 1 aliphatic rings. The third-order valence-corrected chi connectivity index (χ3v) is 5.24. The number of primary amides is 1. The van der Waals surface area contributed by atoms with E-state index in [9.17, 15) is 4.79 Å². The van der Waals surface area contributed by atoms with Crippen molar-refractivity contribution in [2.24, 2.45) is 16.6 Å². The number of rotatable bonds is 10. The number of guanidine groups is 1. The molecule has 0 spiro atoms. The molecule has 0 saturated carbocycles. The second kappa shape index (κ2) is 11.9. The van der Waals surface area contributed by atoms with Gasteiger partial charge in [0, 0.05) is 51.6 Å². The molecule has 9 nitrogen and oxygen atoms in total. The Bertz CT molecular complexity index is 840. The Labute approximate surface area is 183 Å². The van der Waals surface area contributed by atoms with Crippen LogP contribution < -0.4 is 21.3 Å². The third-order valence-electron chi connectivity index (χ3n) is 5.24. The monoisotopic (exact) mass is 428 g/mol. The fraction of sp³-hybridized carbons (Fsp3) is 0.500. The van der Waals surface area contributed by atoms with Crippen LogP contribution in [0.1, 0.15) is 30.6 Å². The quantitative estimate of drug-likeness (QED) is 0.299. The van der Waals surface area contributed by atoms with Crippen LogP contribution in [0, 0.1) is 5.92 Å². The molecule has 0 aromatic carbocycles. The van der Waals surface area contributed by atoms with Crippen LogP contribution in [0.5, 0.6) is 0 Å². The predicted octanol–water partition coefficient (Wildman–Crippen LogP) is 1.65. The van der Waals surface area contributed by atoms with Gasteiger partial charge in [0.05, 0.1) is 12.2 Å². The molecule has 4 N–H and O–H groups in total.